The molecule has 1 atom stereocenters. The summed E-state index contributed by atoms with van der Waals surface area (Å²) in [6, 6.07) is 5.99. The molecule has 0 aromatic heterocycles. The summed E-state index contributed by atoms with van der Waals surface area (Å²) >= 11 is 0. The van der Waals surface area contributed by atoms with Gasteiger partial charge in [0, 0.05) is 6.04 Å². The Bertz CT molecular complexity index is 371. The van der Waals surface area contributed by atoms with Crippen molar-refractivity contribution in [3.8, 4) is 6.07 Å². The van der Waals surface area contributed by atoms with Crippen molar-refractivity contribution in [2.45, 2.75) is 18.9 Å². The predicted octanol–water partition coefficient (Wildman–Crippen LogP) is 1.44. The number of nitrogens with zero attached hydrogens (tertiary/aromatic N) is 1. The molecule has 0 aliphatic carbocycles. The van der Waals surface area contributed by atoms with Gasteiger partial charge in [-0.2, -0.15) is 5.26 Å². The Balaban J connectivity index is 2.82. The number of hydrogen-bond donors (Lipinski definition) is 2. The van der Waals surface area contributed by atoms with Crippen LogP contribution in [0.25, 0.3) is 0 Å². The van der Waals surface area contributed by atoms with Gasteiger partial charge in [0.2, 0.25) is 0 Å². The van der Waals surface area contributed by atoms with E-state index in [9.17, 15) is 4.39 Å². The van der Waals surface area contributed by atoms with E-state index in [-0.39, 0.29) is 11.6 Å². The van der Waals surface area contributed by atoms with E-state index in [0.717, 1.165) is 18.4 Å². The van der Waals surface area contributed by atoms with E-state index >= 15 is 0 Å². The van der Waals surface area contributed by atoms with Crippen molar-refractivity contribution < 1.29 is 4.39 Å². The Hall–Kier alpha value is -1.44. The van der Waals surface area contributed by atoms with Gasteiger partial charge < -0.3 is 11.5 Å². The van der Waals surface area contributed by atoms with Gasteiger partial charge in [0.1, 0.15) is 11.9 Å². The number of nitrogens with two attached hydrogens (primary N) is 2. The summed E-state index contributed by atoms with van der Waals surface area (Å²) in [6.07, 6.45) is 1.56. The SMILES string of the molecule is N#Cc1cc([C@@H](N)CCCN)ccc1F. The molecule has 0 amide bonds. The minimum absolute atomic E-state index is 0.0377. The van der Waals surface area contributed by atoms with Crippen molar-refractivity contribution in [3.05, 3.63) is 35.1 Å². The van der Waals surface area contributed by atoms with Crippen LogP contribution < -0.4 is 11.5 Å². The van der Waals surface area contributed by atoms with Crippen LogP contribution in [0.15, 0.2) is 18.2 Å². The Labute approximate surface area is 88.5 Å². The van der Waals surface area contributed by atoms with Crippen LogP contribution in [0.5, 0.6) is 0 Å². The number of halogens is 1. The topological polar surface area (TPSA) is 75.8 Å². The first-order valence-electron chi connectivity index (χ1n) is 4.84. The minimum atomic E-state index is -0.507. The van der Waals surface area contributed by atoms with E-state index in [1.54, 1.807) is 12.1 Å². The van der Waals surface area contributed by atoms with Crippen LogP contribution in [0.2, 0.25) is 0 Å². The fraction of sp³-hybridized carbons (Fsp3) is 0.364. The van der Waals surface area contributed by atoms with E-state index in [1.165, 1.54) is 12.1 Å². The average molecular weight is 207 g/mol. The summed E-state index contributed by atoms with van der Waals surface area (Å²) < 4.78 is 13.0. The highest BCUT2D eigenvalue weighted by Crippen LogP contribution is 2.18. The lowest BCUT2D eigenvalue weighted by atomic mass is 10.0. The normalized spacial score (nSPS) is 12.1. The lowest BCUT2D eigenvalue weighted by Crippen LogP contribution is -2.12. The van der Waals surface area contributed by atoms with Crippen molar-refractivity contribution >= 4 is 0 Å². The van der Waals surface area contributed by atoms with E-state index < -0.39 is 5.82 Å². The minimum Gasteiger partial charge on any atom is -0.330 e. The molecule has 80 valence electrons. The molecule has 0 aliphatic heterocycles. The largest absolute Gasteiger partial charge is 0.330 e. The molecular weight excluding hydrogens is 193 g/mol. The fourth-order valence-corrected chi connectivity index (χ4v) is 1.36. The molecule has 0 unspecified atom stereocenters. The Morgan fingerprint density at radius 1 is 1.47 bits per heavy atom. The second-order valence-corrected chi connectivity index (χ2v) is 3.39. The molecule has 1 aromatic rings. The first-order chi connectivity index (χ1) is 7.19. The van der Waals surface area contributed by atoms with Crippen molar-refractivity contribution in [1.29, 1.82) is 5.26 Å². The highest BCUT2D eigenvalue weighted by Gasteiger charge is 2.08. The summed E-state index contributed by atoms with van der Waals surface area (Å²) in [5.74, 6) is -0.507. The molecule has 0 aliphatic rings. The van der Waals surface area contributed by atoms with Crippen molar-refractivity contribution in [1.82, 2.24) is 0 Å². The fourth-order valence-electron chi connectivity index (χ4n) is 1.36. The molecule has 0 saturated heterocycles. The number of hydrogen-bond acceptors (Lipinski definition) is 3. The van der Waals surface area contributed by atoms with Crippen LogP contribution in [0.3, 0.4) is 0 Å². The predicted molar refractivity (Wildman–Crippen MR) is 56.3 cm³/mol. The molecular formula is C11H14FN3. The van der Waals surface area contributed by atoms with Crippen molar-refractivity contribution in [3.63, 3.8) is 0 Å². The van der Waals surface area contributed by atoms with Gasteiger partial charge in [-0.05, 0) is 37.1 Å². The van der Waals surface area contributed by atoms with Crippen molar-refractivity contribution in [2.24, 2.45) is 11.5 Å². The van der Waals surface area contributed by atoms with Crippen LogP contribution in [0.4, 0.5) is 4.39 Å². The van der Waals surface area contributed by atoms with Crippen LogP contribution in [-0.2, 0) is 0 Å². The van der Waals surface area contributed by atoms with Gasteiger partial charge in [0.25, 0.3) is 0 Å². The third-order valence-electron chi connectivity index (χ3n) is 2.26. The smallest absolute Gasteiger partial charge is 0.140 e. The van der Waals surface area contributed by atoms with Gasteiger partial charge in [0.05, 0.1) is 5.56 Å². The molecule has 0 saturated carbocycles. The summed E-state index contributed by atoms with van der Waals surface area (Å²) in [7, 11) is 0. The molecule has 0 radical (unpaired) electrons. The molecule has 3 nitrogen and oxygen atoms in total. The maximum atomic E-state index is 13.0. The van der Waals surface area contributed by atoms with Crippen LogP contribution in [-0.4, -0.2) is 6.54 Å². The summed E-state index contributed by atoms with van der Waals surface area (Å²) in [5.41, 5.74) is 12.1. The molecule has 1 rings (SSSR count). The lowest BCUT2D eigenvalue weighted by molar-refractivity contribution is 0.605. The zero-order valence-electron chi connectivity index (χ0n) is 8.41. The second-order valence-electron chi connectivity index (χ2n) is 3.39. The average Bonchev–Trinajstić information content (AvgIpc) is 2.26. The van der Waals surface area contributed by atoms with Gasteiger partial charge in [0.15, 0.2) is 0 Å². The summed E-state index contributed by atoms with van der Waals surface area (Å²) in [5, 5.41) is 8.65. The molecule has 0 heterocycles. The molecule has 0 spiro atoms. The number of rotatable bonds is 4. The second kappa shape index (κ2) is 5.44. The quantitative estimate of drug-likeness (QED) is 0.784. The van der Waals surface area contributed by atoms with Gasteiger partial charge in [-0.25, -0.2) is 4.39 Å². The van der Waals surface area contributed by atoms with Crippen LogP contribution in [0.1, 0.15) is 30.0 Å². The Kier molecular flexibility index (Phi) is 4.22. The number of nitriles is 1. The summed E-state index contributed by atoms with van der Waals surface area (Å²) in [4.78, 5) is 0. The third-order valence-corrected chi connectivity index (χ3v) is 2.26. The standard InChI is InChI=1S/C11H14FN3/c12-10-4-3-8(6-9(10)7-14)11(15)2-1-5-13/h3-4,6,11H,1-2,5,13,15H2/t11-/m0/s1. The van der Waals surface area contributed by atoms with E-state index in [4.69, 9.17) is 16.7 Å². The van der Waals surface area contributed by atoms with E-state index in [0.29, 0.717) is 6.54 Å². The van der Waals surface area contributed by atoms with Crippen LogP contribution in [0, 0.1) is 17.1 Å². The Morgan fingerprint density at radius 2 is 2.20 bits per heavy atom. The zero-order valence-corrected chi connectivity index (χ0v) is 8.41. The zero-order chi connectivity index (χ0) is 11.3. The molecule has 4 heteroatoms. The molecule has 0 bridgehead atoms. The first kappa shape index (κ1) is 11.6. The number of benzene rings is 1. The molecule has 1 aromatic carbocycles. The first-order valence-corrected chi connectivity index (χ1v) is 4.84. The maximum Gasteiger partial charge on any atom is 0.140 e. The highest BCUT2D eigenvalue weighted by molar-refractivity contribution is 5.35. The van der Waals surface area contributed by atoms with Crippen LogP contribution >= 0.6 is 0 Å². The van der Waals surface area contributed by atoms with Crippen molar-refractivity contribution in [2.75, 3.05) is 6.54 Å². The third kappa shape index (κ3) is 3.01. The molecule has 15 heavy (non-hydrogen) atoms. The lowest BCUT2D eigenvalue weighted by Gasteiger charge is -2.11. The maximum absolute atomic E-state index is 13.0. The van der Waals surface area contributed by atoms with E-state index in [2.05, 4.69) is 0 Å². The van der Waals surface area contributed by atoms with E-state index in [1.807, 2.05) is 0 Å². The monoisotopic (exact) mass is 207 g/mol. The van der Waals surface area contributed by atoms with Gasteiger partial charge in [-0.3, -0.25) is 0 Å². The molecule has 4 N–H and O–H groups in total. The van der Waals surface area contributed by atoms with Gasteiger partial charge >= 0.3 is 0 Å². The highest BCUT2D eigenvalue weighted by atomic mass is 19.1. The summed E-state index contributed by atoms with van der Waals surface area (Å²) in [6.45, 7) is 0.583. The van der Waals surface area contributed by atoms with Gasteiger partial charge in [-0.1, -0.05) is 6.07 Å². The Morgan fingerprint density at radius 3 is 2.80 bits per heavy atom. The van der Waals surface area contributed by atoms with Gasteiger partial charge in [-0.15, -0.1) is 0 Å². The molecule has 0 fully saturated rings.